The van der Waals surface area contributed by atoms with Crippen molar-refractivity contribution >= 4 is 17.6 Å². The molecule has 1 heterocycles. The van der Waals surface area contributed by atoms with Crippen LogP contribution in [0.15, 0.2) is 60.7 Å². The number of carbonyl (C=O) groups excluding carboxylic acids is 1. The number of hydrogen-bond donors (Lipinski definition) is 0. The van der Waals surface area contributed by atoms with E-state index >= 15 is 0 Å². The molecule has 2 nitrogen and oxygen atoms in total. The molecular weight excluding hydrogens is 254 g/mol. The lowest BCUT2D eigenvalue weighted by molar-refractivity contribution is 0.562. The van der Waals surface area contributed by atoms with Gasteiger partial charge in [-0.05, 0) is 5.56 Å². The van der Waals surface area contributed by atoms with Crippen molar-refractivity contribution in [3.05, 3.63) is 65.7 Å². The zero-order valence-electron chi connectivity index (χ0n) is 10.0. The molecule has 0 atom stereocenters. The molecule has 0 unspecified atom stereocenters. The minimum atomic E-state index is 0.387. The fraction of sp³-hybridized carbons (Fsp3) is 0. The molecule has 0 aliphatic rings. The minimum Gasteiger partial charge on any atom is -0.182 e. The second kappa shape index (κ2) is 5.11. The van der Waals surface area contributed by atoms with Gasteiger partial charge in [-0.25, -0.2) is 0 Å². The van der Waals surface area contributed by atoms with Crippen LogP contribution in [0.2, 0.25) is 0 Å². The first-order valence-electron chi connectivity index (χ1n) is 5.88. The van der Waals surface area contributed by atoms with Crippen LogP contribution in [0.5, 0.6) is 0 Å². The van der Waals surface area contributed by atoms with Gasteiger partial charge in [-0.1, -0.05) is 72.0 Å². The Balaban J connectivity index is 2.19. The fourth-order valence-corrected chi connectivity index (χ4v) is 2.83. The molecule has 0 saturated heterocycles. The Morgan fingerprint density at radius 1 is 0.842 bits per heavy atom. The summed E-state index contributed by atoms with van der Waals surface area (Å²) in [6.45, 7) is 0. The van der Waals surface area contributed by atoms with E-state index in [0.717, 1.165) is 21.7 Å². The minimum absolute atomic E-state index is 0.387. The van der Waals surface area contributed by atoms with Crippen LogP contribution in [0.25, 0.3) is 21.7 Å². The van der Waals surface area contributed by atoms with Crippen molar-refractivity contribution in [2.24, 2.45) is 0 Å². The van der Waals surface area contributed by atoms with Gasteiger partial charge in [-0.3, -0.25) is 0 Å². The number of rotatable bonds is 3. The summed E-state index contributed by atoms with van der Waals surface area (Å²) in [7, 11) is 0. The maximum absolute atomic E-state index is 10.9. The lowest BCUT2D eigenvalue weighted by Crippen LogP contribution is -1.82. The van der Waals surface area contributed by atoms with Crippen molar-refractivity contribution < 1.29 is 4.79 Å². The van der Waals surface area contributed by atoms with E-state index in [1.165, 1.54) is 11.3 Å². The molecule has 0 radical (unpaired) electrons. The van der Waals surface area contributed by atoms with Crippen LogP contribution < -0.4 is 0 Å². The largest absolute Gasteiger partial charge is 0.586 e. The van der Waals surface area contributed by atoms with E-state index in [0.29, 0.717) is 5.01 Å². The summed E-state index contributed by atoms with van der Waals surface area (Å²) in [4.78, 5) is 16.2. The predicted molar refractivity (Wildman–Crippen MR) is 77.8 cm³/mol. The van der Waals surface area contributed by atoms with Crippen LogP contribution in [-0.2, 0) is 4.79 Å². The highest BCUT2D eigenvalue weighted by Crippen LogP contribution is 2.36. The molecule has 3 heteroatoms. The number of hydrogen-bond acceptors (Lipinski definition) is 3. The van der Waals surface area contributed by atoms with Crippen LogP contribution >= 0.6 is 11.3 Å². The normalized spacial score (nSPS) is 10.1. The summed E-state index contributed by atoms with van der Waals surface area (Å²) in [5.74, 6) is 0. The molecule has 0 aliphatic heterocycles. The van der Waals surface area contributed by atoms with Crippen molar-refractivity contribution in [2.75, 3.05) is 0 Å². The van der Waals surface area contributed by atoms with E-state index in [-0.39, 0.29) is 0 Å². The van der Waals surface area contributed by atoms with Crippen LogP contribution in [0.1, 0.15) is 5.01 Å². The lowest BCUT2D eigenvalue weighted by Gasteiger charge is -2.01. The number of thiazole rings is 1. The average Bonchev–Trinajstić information content (AvgIpc) is 2.93. The van der Waals surface area contributed by atoms with E-state index in [2.05, 4.69) is 4.98 Å². The van der Waals surface area contributed by atoms with Gasteiger partial charge in [0.2, 0.25) is 0 Å². The Morgan fingerprint density at radius 2 is 1.42 bits per heavy atom. The van der Waals surface area contributed by atoms with Crippen molar-refractivity contribution in [3.63, 3.8) is 0 Å². The van der Waals surface area contributed by atoms with Crippen LogP contribution in [0, 0.1) is 0 Å². The molecule has 0 saturated carbocycles. The van der Waals surface area contributed by atoms with E-state index in [1.807, 2.05) is 66.9 Å². The van der Waals surface area contributed by atoms with Gasteiger partial charge < -0.3 is 0 Å². The van der Waals surface area contributed by atoms with Crippen molar-refractivity contribution in [1.82, 2.24) is 4.98 Å². The van der Waals surface area contributed by atoms with Crippen LogP contribution in [0.3, 0.4) is 0 Å². The molecule has 0 bridgehead atoms. The zero-order chi connectivity index (χ0) is 13.1. The third-order valence-corrected chi connectivity index (χ3v) is 3.80. The molecule has 90 valence electrons. The topological polar surface area (TPSA) is 30.0 Å². The maximum Gasteiger partial charge on any atom is 0.586 e. The Hall–Kier alpha value is -2.35. The monoisotopic (exact) mass is 264 g/mol. The average molecular weight is 264 g/mol. The van der Waals surface area contributed by atoms with Crippen molar-refractivity contribution in [2.45, 2.75) is 0 Å². The Labute approximate surface area is 115 Å². The first kappa shape index (κ1) is 11.7. The van der Waals surface area contributed by atoms with Crippen LogP contribution in [0.4, 0.5) is 0 Å². The van der Waals surface area contributed by atoms with Gasteiger partial charge in [0.05, 0.1) is 10.6 Å². The molecule has 0 spiro atoms. The van der Waals surface area contributed by atoms with Gasteiger partial charge in [-0.2, -0.15) is 4.98 Å². The third kappa shape index (κ3) is 2.29. The molecule has 1 aromatic heterocycles. The summed E-state index contributed by atoms with van der Waals surface area (Å²) < 4.78 is 0. The zero-order valence-corrected chi connectivity index (χ0v) is 10.9. The van der Waals surface area contributed by atoms with Crippen molar-refractivity contribution in [3.8, 4) is 21.7 Å². The summed E-state index contributed by atoms with van der Waals surface area (Å²) in [5.41, 5.74) is 2.93. The molecule has 0 N–H and O–H groups in total. The molecule has 3 rings (SSSR count). The number of benzene rings is 2. The van der Waals surface area contributed by atoms with Crippen molar-refractivity contribution in [1.29, 1.82) is 0 Å². The number of aromatic nitrogens is 1. The Morgan fingerprint density at radius 3 is 2.00 bits per heavy atom. The van der Waals surface area contributed by atoms with E-state index in [4.69, 9.17) is 0 Å². The summed E-state index contributed by atoms with van der Waals surface area (Å²) in [5, 5.41) is 0.387. The smallest absolute Gasteiger partial charge is 0.182 e. The summed E-state index contributed by atoms with van der Waals surface area (Å²) in [6.07, 6.45) is 1.88. The van der Waals surface area contributed by atoms with E-state index in [9.17, 15) is 4.79 Å². The van der Waals surface area contributed by atoms with Gasteiger partial charge in [0.1, 0.15) is 0 Å². The number of nitrogens with zero attached hydrogens (tertiary/aromatic N) is 1. The maximum atomic E-state index is 10.9. The highest BCUT2D eigenvalue weighted by Gasteiger charge is 2.21. The van der Waals surface area contributed by atoms with Gasteiger partial charge in [0, 0.05) is 10.4 Å². The molecular formula is C16H10NOS+. The van der Waals surface area contributed by atoms with Gasteiger partial charge >= 0.3 is 11.3 Å². The first-order valence-corrected chi connectivity index (χ1v) is 6.70. The first-order chi connectivity index (χ1) is 9.38. The molecule has 19 heavy (non-hydrogen) atoms. The molecule has 3 aromatic rings. The third-order valence-electron chi connectivity index (χ3n) is 2.80. The Kier molecular flexibility index (Phi) is 3.15. The molecule has 0 aliphatic carbocycles. The highest BCUT2D eigenvalue weighted by molar-refractivity contribution is 7.17. The predicted octanol–water partition coefficient (Wildman–Crippen LogP) is 3.93. The van der Waals surface area contributed by atoms with E-state index < -0.39 is 0 Å². The quantitative estimate of drug-likeness (QED) is 0.671. The standard InChI is InChI=1S/C16H10NOS/c18-11-14-17-15(12-7-3-1-4-8-12)16(19-14)13-9-5-2-6-10-13/h1-10H/q+1. The second-order valence-electron chi connectivity index (χ2n) is 4.03. The molecule has 0 fully saturated rings. The Bertz CT molecular complexity index is 632. The highest BCUT2D eigenvalue weighted by atomic mass is 32.1. The van der Waals surface area contributed by atoms with E-state index in [1.54, 1.807) is 0 Å². The van der Waals surface area contributed by atoms with Gasteiger partial charge in [0.15, 0.2) is 0 Å². The van der Waals surface area contributed by atoms with Gasteiger partial charge in [0.25, 0.3) is 0 Å². The molecule has 0 amide bonds. The van der Waals surface area contributed by atoms with Gasteiger partial charge in [-0.15, -0.1) is 0 Å². The molecule has 2 aromatic carbocycles. The lowest BCUT2D eigenvalue weighted by atomic mass is 10.1. The summed E-state index contributed by atoms with van der Waals surface area (Å²) >= 11 is 1.37. The fourth-order valence-electron chi connectivity index (χ4n) is 1.94. The second-order valence-corrected chi connectivity index (χ2v) is 5.03. The SMILES string of the molecule is O=[C+]c1nc(-c2ccccc2)c(-c2ccccc2)s1. The summed E-state index contributed by atoms with van der Waals surface area (Å²) in [6, 6.07) is 19.9. The van der Waals surface area contributed by atoms with Crippen LogP contribution in [-0.4, -0.2) is 11.3 Å².